The van der Waals surface area contributed by atoms with Gasteiger partial charge >= 0.3 is 6.18 Å². The molecule has 1 aromatic heterocycles. The number of ether oxygens (including phenoxy) is 1. The van der Waals surface area contributed by atoms with Gasteiger partial charge in [0.25, 0.3) is 0 Å². The fourth-order valence-electron chi connectivity index (χ4n) is 2.52. The van der Waals surface area contributed by atoms with Gasteiger partial charge in [-0.15, -0.1) is 12.4 Å². The van der Waals surface area contributed by atoms with Crippen molar-refractivity contribution in [2.45, 2.75) is 19.0 Å². The van der Waals surface area contributed by atoms with Crippen molar-refractivity contribution in [1.82, 2.24) is 10.3 Å². The molecule has 0 bridgehead atoms. The van der Waals surface area contributed by atoms with Crippen molar-refractivity contribution < 1.29 is 17.9 Å². The minimum absolute atomic E-state index is 0. The molecule has 3 rings (SSSR count). The number of aromatic nitrogens is 1. The third-order valence-electron chi connectivity index (χ3n) is 3.76. The highest BCUT2D eigenvalue weighted by Gasteiger charge is 2.30. The molecule has 0 saturated carbocycles. The molecule has 2 heterocycles. The molecule has 0 unspecified atom stereocenters. The van der Waals surface area contributed by atoms with E-state index in [-0.39, 0.29) is 18.3 Å². The zero-order valence-corrected chi connectivity index (χ0v) is 14.2. The van der Waals surface area contributed by atoms with Gasteiger partial charge in [0.05, 0.1) is 5.56 Å². The van der Waals surface area contributed by atoms with E-state index < -0.39 is 11.7 Å². The van der Waals surface area contributed by atoms with Gasteiger partial charge in [0.2, 0.25) is 5.88 Å². The van der Waals surface area contributed by atoms with Crippen LogP contribution in [0.3, 0.4) is 0 Å². The van der Waals surface area contributed by atoms with Crippen LogP contribution < -0.4 is 10.1 Å². The summed E-state index contributed by atoms with van der Waals surface area (Å²) >= 11 is 0. The lowest BCUT2D eigenvalue weighted by Crippen LogP contribution is -2.22. The van der Waals surface area contributed by atoms with Gasteiger partial charge < -0.3 is 10.1 Å². The van der Waals surface area contributed by atoms with Gasteiger partial charge in [-0.05, 0) is 49.7 Å². The van der Waals surface area contributed by atoms with Gasteiger partial charge in [0, 0.05) is 12.3 Å². The summed E-state index contributed by atoms with van der Waals surface area (Å²) in [5.74, 6) is 0.681. The highest BCUT2D eigenvalue weighted by Crippen LogP contribution is 2.30. The molecule has 0 spiro atoms. The molecule has 1 aliphatic rings. The van der Waals surface area contributed by atoms with Crippen LogP contribution in [0.1, 0.15) is 24.0 Å². The highest BCUT2D eigenvalue weighted by atomic mass is 35.5. The Morgan fingerprint density at radius 1 is 1.08 bits per heavy atom. The van der Waals surface area contributed by atoms with E-state index in [1.165, 1.54) is 11.6 Å². The highest BCUT2D eigenvalue weighted by molar-refractivity contribution is 5.85. The Balaban J connectivity index is 0.00000225. The van der Waals surface area contributed by atoms with Crippen molar-refractivity contribution in [3.63, 3.8) is 0 Å². The maximum atomic E-state index is 12.5. The molecule has 134 valence electrons. The summed E-state index contributed by atoms with van der Waals surface area (Å²) in [6.07, 6.45) is 0.549. The lowest BCUT2D eigenvalue weighted by atomic mass is 10.0. The second kappa shape index (κ2) is 8.36. The van der Waals surface area contributed by atoms with Gasteiger partial charge in [0.15, 0.2) is 0 Å². The van der Waals surface area contributed by atoms with Gasteiger partial charge in [-0.1, -0.05) is 23.8 Å². The second-order valence-corrected chi connectivity index (χ2v) is 5.61. The Bertz CT molecular complexity index is 722. The predicted octanol–water partition coefficient (Wildman–Crippen LogP) is 5.08. The maximum absolute atomic E-state index is 12.5. The van der Waals surface area contributed by atoms with E-state index in [1.807, 2.05) is 18.2 Å². The molecule has 1 saturated heterocycles. The zero-order valence-electron chi connectivity index (χ0n) is 13.3. The summed E-state index contributed by atoms with van der Waals surface area (Å²) < 4.78 is 43.1. The van der Waals surface area contributed by atoms with Crippen molar-refractivity contribution >= 4 is 18.5 Å². The van der Waals surface area contributed by atoms with Crippen molar-refractivity contribution in [2.24, 2.45) is 0 Å². The number of nitrogens with one attached hydrogen (secondary N) is 1. The fraction of sp³-hybridized carbons (Fsp3) is 0.278. The molecule has 0 amide bonds. The first kappa shape index (κ1) is 19.3. The van der Waals surface area contributed by atoms with Crippen LogP contribution in [0.2, 0.25) is 0 Å². The molecule has 1 aliphatic heterocycles. The zero-order chi connectivity index (χ0) is 17.0. The predicted molar refractivity (Wildman–Crippen MR) is 93.1 cm³/mol. The number of halogens is 4. The number of benzene rings is 1. The van der Waals surface area contributed by atoms with E-state index in [2.05, 4.69) is 16.4 Å². The molecule has 7 heteroatoms. The third-order valence-corrected chi connectivity index (χ3v) is 3.76. The van der Waals surface area contributed by atoms with E-state index in [9.17, 15) is 13.2 Å². The number of nitrogens with zero attached hydrogens (tertiary/aromatic N) is 1. The standard InChI is InChI=1S/C18H17F3N2O.ClH/c19-18(20,21)15-4-5-17(23-12-15)24-16-3-1-2-14(11-16)10-13-6-8-22-9-7-13;/h1-5,10-12,22H,6-9H2;1H. The lowest BCUT2D eigenvalue weighted by molar-refractivity contribution is -0.137. The van der Waals surface area contributed by atoms with Crippen molar-refractivity contribution in [3.05, 3.63) is 59.3 Å². The molecule has 0 radical (unpaired) electrons. The normalized spacial score (nSPS) is 14.6. The quantitative estimate of drug-likeness (QED) is 0.818. The molecular weight excluding hydrogens is 353 g/mol. The van der Waals surface area contributed by atoms with Crippen molar-refractivity contribution in [2.75, 3.05) is 13.1 Å². The molecule has 3 nitrogen and oxygen atoms in total. The Kier molecular flexibility index (Phi) is 6.45. The van der Waals surface area contributed by atoms with Crippen LogP contribution in [0, 0.1) is 0 Å². The van der Waals surface area contributed by atoms with Crippen LogP contribution in [0.4, 0.5) is 13.2 Å². The third kappa shape index (κ3) is 5.47. The first-order valence-corrected chi connectivity index (χ1v) is 7.72. The summed E-state index contributed by atoms with van der Waals surface area (Å²) in [6, 6.07) is 9.62. The SMILES string of the molecule is Cl.FC(F)(F)c1ccc(Oc2cccc(C=C3CCNCC3)c2)nc1. The molecule has 1 fully saturated rings. The maximum Gasteiger partial charge on any atom is 0.417 e. The summed E-state index contributed by atoms with van der Waals surface area (Å²) in [7, 11) is 0. The minimum atomic E-state index is -4.40. The summed E-state index contributed by atoms with van der Waals surface area (Å²) in [4.78, 5) is 3.72. The van der Waals surface area contributed by atoms with Crippen molar-refractivity contribution in [3.8, 4) is 11.6 Å². The smallest absolute Gasteiger partial charge is 0.417 e. The van der Waals surface area contributed by atoms with E-state index in [1.54, 1.807) is 6.07 Å². The minimum Gasteiger partial charge on any atom is -0.439 e. The number of piperidine rings is 1. The molecule has 1 aromatic carbocycles. The summed E-state index contributed by atoms with van der Waals surface area (Å²) in [5, 5.41) is 3.31. The van der Waals surface area contributed by atoms with Crippen LogP contribution in [0.15, 0.2) is 48.2 Å². The lowest BCUT2D eigenvalue weighted by Gasteiger charge is -2.15. The Morgan fingerprint density at radius 3 is 2.48 bits per heavy atom. The number of pyridine rings is 1. The second-order valence-electron chi connectivity index (χ2n) is 5.61. The number of hydrogen-bond acceptors (Lipinski definition) is 3. The number of hydrogen-bond donors (Lipinski definition) is 1. The van der Waals surface area contributed by atoms with Gasteiger partial charge in [0.1, 0.15) is 5.75 Å². The van der Waals surface area contributed by atoms with Crippen LogP contribution in [-0.2, 0) is 6.18 Å². The number of alkyl halides is 3. The van der Waals surface area contributed by atoms with Crippen LogP contribution >= 0.6 is 12.4 Å². The molecule has 1 N–H and O–H groups in total. The molecular formula is C18H18ClF3N2O. The Labute approximate surface area is 150 Å². The van der Waals surface area contributed by atoms with Gasteiger partial charge in [-0.25, -0.2) is 4.98 Å². The largest absolute Gasteiger partial charge is 0.439 e. The van der Waals surface area contributed by atoms with Gasteiger partial charge in [-0.3, -0.25) is 0 Å². The van der Waals surface area contributed by atoms with Gasteiger partial charge in [-0.2, -0.15) is 13.2 Å². The van der Waals surface area contributed by atoms with E-state index in [0.717, 1.165) is 43.8 Å². The first-order valence-electron chi connectivity index (χ1n) is 7.72. The molecule has 0 aliphatic carbocycles. The van der Waals surface area contributed by atoms with Crippen LogP contribution in [0.25, 0.3) is 6.08 Å². The average Bonchev–Trinajstić information content (AvgIpc) is 2.56. The van der Waals surface area contributed by atoms with Crippen LogP contribution in [-0.4, -0.2) is 18.1 Å². The van der Waals surface area contributed by atoms with Crippen LogP contribution in [0.5, 0.6) is 11.6 Å². The first-order chi connectivity index (χ1) is 11.5. The van der Waals surface area contributed by atoms with E-state index in [4.69, 9.17) is 4.74 Å². The monoisotopic (exact) mass is 370 g/mol. The fourth-order valence-corrected chi connectivity index (χ4v) is 2.52. The summed E-state index contributed by atoms with van der Waals surface area (Å²) in [5.41, 5.74) is 1.59. The average molecular weight is 371 g/mol. The van der Waals surface area contributed by atoms with Crippen molar-refractivity contribution in [1.29, 1.82) is 0 Å². The Morgan fingerprint density at radius 2 is 1.84 bits per heavy atom. The van der Waals surface area contributed by atoms with E-state index >= 15 is 0 Å². The molecule has 0 atom stereocenters. The number of rotatable bonds is 3. The topological polar surface area (TPSA) is 34.1 Å². The summed E-state index contributed by atoms with van der Waals surface area (Å²) in [6.45, 7) is 1.97. The Hall–Kier alpha value is -2.05. The molecule has 2 aromatic rings. The molecule has 25 heavy (non-hydrogen) atoms. The van der Waals surface area contributed by atoms with E-state index in [0.29, 0.717) is 5.75 Å².